The maximum absolute atomic E-state index is 14.0. The van der Waals surface area contributed by atoms with Gasteiger partial charge in [-0.2, -0.15) is 4.31 Å². The van der Waals surface area contributed by atoms with E-state index in [1.165, 1.54) is 21.3 Å². The number of ether oxygens (including phenoxy) is 2. The number of nitro groups is 1. The number of carbonyl (C=O) groups is 2. The fourth-order valence-corrected chi connectivity index (χ4v) is 7.62. The zero-order chi connectivity index (χ0) is 33.1. The van der Waals surface area contributed by atoms with Crippen molar-refractivity contribution in [3.63, 3.8) is 0 Å². The van der Waals surface area contributed by atoms with Gasteiger partial charge in [0.1, 0.15) is 17.1 Å². The van der Waals surface area contributed by atoms with Crippen LogP contribution in [0.3, 0.4) is 0 Å². The third kappa shape index (κ3) is 6.46. The van der Waals surface area contributed by atoms with Crippen LogP contribution < -0.4 is 19.7 Å². The van der Waals surface area contributed by atoms with Crippen LogP contribution in [-0.2, 0) is 26.0 Å². The van der Waals surface area contributed by atoms with E-state index in [-0.39, 0.29) is 60.9 Å². The Morgan fingerprint density at radius 2 is 1.72 bits per heavy atom. The van der Waals surface area contributed by atoms with Crippen LogP contribution >= 0.6 is 11.6 Å². The Labute approximate surface area is 271 Å². The van der Waals surface area contributed by atoms with Crippen LogP contribution in [-0.4, -0.2) is 87.0 Å². The highest BCUT2D eigenvalue weighted by atomic mass is 35.5. The zero-order valence-corrected chi connectivity index (χ0v) is 26.9. The second-order valence-corrected chi connectivity index (χ2v) is 13.3. The van der Waals surface area contributed by atoms with Crippen molar-refractivity contribution in [1.82, 2.24) is 14.5 Å². The molecule has 0 aliphatic carbocycles. The van der Waals surface area contributed by atoms with E-state index < -0.39 is 26.2 Å². The third-order valence-corrected chi connectivity index (χ3v) is 10.6. The van der Waals surface area contributed by atoms with E-state index in [2.05, 4.69) is 5.32 Å². The first-order valence-electron chi connectivity index (χ1n) is 14.5. The van der Waals surface area contributed by atoms with Crippen molar-refractivity contribution in [3.05, 3.63) is 87.4 Å². The van der Waals surface area contributed by atoms with Crippen LogP contribution in [0, 0.1) is 10.1 Å². The summed E-state index contributed by atoms with van der Waals surface area (Å²) in [5, 5.41) is 14.1. The Kier molecular flexibility index (Phi) is 9.70. The summed E-state index contributed by atoms with van der Waals surface area (Å²) >= 11 is 5.89. The monoisotopic (exact) mass is 671 g/mol. The Hall–Kier alpha value is -4.40. The molecular formula is C31H34ClN5O8S. The van der Waals surface area contributed by atoms with E-state index in [1.807, 2.05) is 47.4 Å². The zero-order valence-electron chi connectivity index (χ0n) is 25.3. The van der Waals surface area contributed by atoms with Gasteiger partial charge in [-0.15, -0.1) is 0 Å². The predicted molar refractivity (Wildman–Crippen MR) is 171 cm³/mol. The Morgan fingerprint density at radius 1 is 1.02 bits per heavy atom. The number of sulfonamides is 1. The van der Waals surface area contributed by atoms with Gasteiger partial charge in [0.25, 0.3) is 5.69 Å². The average molecular weight is 672 g/mol. The molecule has 0 bridgehead atoms. The van der Waals surface area contributed by atoms with Gasteiger partial charge in [-0.3, -0.25) is 19.7 Å². The van der Waals surface area contributed by atoms with E-state index in [1.54, 1.807) is 20.3 Å². The first-order valence-corrected chi connectivity index (χ1v) is 16.4. The molecule has 3 aromatic carbocycles. The van der Waals surface area contributed by atoms with Crippen molar-refractivity contribution in [2.75, 3.05) is 52.0 Å². The number of halogens is 1. The lowest BCUT2D eigenvalue weighted by atomic mass is 9.86. The van der Waals surface area contributed by atoms with Gasteiger partial charge in [-0.05, 0) is 61.2 Å². The number of rotatable bonds is 11. The number of hydrogen-bond acceptors (Lipinski definition) is 9. The number of nitro benzene ring substituents is 1. The van der Waals surface area contributed by atoms with E-state index in [0.717, 1.165) is 17.3 Å². The lowest BCUT2D eigenvalue weighted by molar-refractivity contribution is -0.384. The highest BCUT2D eigenvalue weighted by Crippen LogP contribution is 2.41. The van der Waals surface area contributed by atoms with Crippen molar-refractivity contribution >= 4 is 44.8 Å². The molecule has 13 nitrogen and oxygen atoms in total. The van der Waals surface area contributed by atoms with Gasteiger partial charge in [0.2, 0.25) is 21.8 Å². The van der Waals surface area contributed by atoms with Gasteiger partial charge in [0, 0.05) is 31.4 Å². The van der Waals surface area contributed by atoms with Crippen molar-refractivity contribution < 1.29 is 32.4 Å². The molecule has 46 heavy (non-hydrogen) atoms. The molecule has 5 rings (SSSR count). The number of para-hydroxylation sites is 1. The number of nitrogens with zero attached hydrogens (tertiary/aromatic N) is 4. The maximum atomic E-state index is 14.0. The number of piperidine rings is 1. The average Bonchev–Trinajstić information content (AvgIpc) is 3.31. The molecule has 0 aromatic heterocycles. The number of methoxy groups -OCH3 is 2. The Bertz CT molecular complexity index is 1730. The normalized spacial score (nSPS) is 16.5. The fourth-order valence-electron chi connectivity index (χ4n) is 5.97. The van der Waals surface area contributed by atoms with Crippen LogP contribution in [0.4, 0.5) is 11.4 Å². The summed E-state index contributed by atoms with van der Waals surface area (Å²) in [6, 6.07) is 18.2. The molecule has 1 N–H and O–H groups in total. The second kappa shape index (κ2) is 13.5. The molecule has 1 spiro atoms. The second-order valence-electron chi connectivity index (χ2n) is 11.0. The molecule has 0 saturated carbocycles. The van der Waals surface area contributed by atoms with Crippen LogP contribution in [0.25, 0.3) is 0 Å². The minimum Gasteiger partial charge on any atom is -0.493 e. The van der Waals surface area contributed by atoms with Crippen molar-refractivity contribution in [3.8, 4) is 11.5 Å². The quantitative estimate of drug-likeness (QED) is 0.239. The van der Waals surface area contributed by atoms with Gasteiger partial charge < -0.3 is 24.6 Å². The van der Waals surface area contributed by atoms with Crippen molar-refractivity contribution in [2.24, 2.45) is 0 Å². The lowest BCUT2D eigenvalue weighted by Gasteiger charge is -2.42. The fraction of sp³-hybridized carbons (Fsp3) is 0.355. The minimum absolute atomic E-state index is 0.000803. The summed E-state index contributed by atoms with van der Waals surface area (Å²) < 4.78 is 38.8. The molecule has 0 unspecified atom stereocenters. The van der Waals surface area contributed by atoms with Crippen molar-refractivity contribution in [1.29, 1.82) is 0 Å². The van der Waals surface area contributed by atoms with Gasteiger partial charge in [0.05, 0.1) is 30.7 Å². The summed E-state index contributed by atoms with van der Waals surface area (Å²) in [5.41, 5.74) is 0.144. The summed E-state index contributed by atoms with van der Waals surface area (Å²) in [7, 11) is -0.995. The Balaban J connectivity index is 1.28. The summed E-state index contributed by atoms with van der Waals surface area (Å²) in [6.45, 7) is 0.340. The first kappa shape index (κ1) is 33.0. The van der Waals surface area contributed by atoms with Crippen LogP contribution in [0.5, 0.6) is 11.5 Å². The molecule has 2 saturated heterocycles. The SMILES string of the molecule is COc1ccc(CCNC(=O)CN2CN(c3ccccc3)C3(CCN(S(=O)(=O)c4ccc(Cl)c([N+](=O)[O-])c4)CC3)C2=O)cc1OC. The topological polar surface area (TPSA) is 152 Å². The summed E-state index contributed by atoms with van der Waals surface area (Å²) in [5.74, 6) is 0.625. The van der Waals surface area contributed by atoms with Gasteiger partial charge in [0.15, 0.2) is 11.5 Å². The number of anilines is 1. The van der Waals surface area contributed by atoms with Crippen LogP contribution in [0.1, 0.15) is 18.4 Å². The molecule has 15 heteroatoms. The van der Waals surface area contributed by atoms with Crippen LogP contribution in [0.2, 0.25) is 5.02 Å². The molecule has 2 fully saturated rings. The Morgan fingerprint density at radius 3 is 2.37 bits per heavy atom. The number of amides is 2. The molecule has 2 heterocycles. The van der Waals surface area contributed by atoms with Crippen molar-refractivity contribution in [2.45, 2.75) is 29.7 Å². The van der Waals surface area contributed by atoms with E-state index in [4.69, 9.17) is 21.1 Å². The summed E-state index contributed by atoms with van der Waals surface area (Å²) in [6.07, 6.45) is 0.862. The smallest absolute Gasteiger partial charge is 0.289 e. The highest BCUT2D eigenvalue weighted by molar-refractivity contribution is 7.89. The summed E-state index contributed by atoms with van der Waals surface area (Å²) in [4.78, 5) is 40.8. The van der Waals surface area contributed by atoms with Gasteiger partial charge in [-0.1, -0.05) is 35.9 Å². The number of benzene rings is 3. The molecule has 3 aromatic rings. The van der Waals surface area contributed by atoms with E-state index in [0.29, 0.717) is 24.5 Å². The largest absolute Gasteiger partial charge is 0.493 e. The van der Waals surface area contributed by atoms with Crippen LogP contribution in [0.15, 0.2) is 71.6 Å². The molecule has 2 amide bonds. The third-order valence-electron chi connectivity index (χ3n) is 8.40. The number of nitrogens with one attached hydrogen (secondary N) is 1. The standard InChI is InChI=1S/C31H34ClN5O8S/c1-44-27-11-8-22(18-28(27)45-2)12-15-33-29(38)20-34-21-36(23-6-4-3-5-7-23)31(30(34)39)13-16-35(17-14-31)46(42,43)24-9-10-25(32)26(19-24)37(40)41/h3-11,18-19H,12-17,20-21H2,1-2H3,(H,33,38). The van der Waals surface area contributed by atoms with Gasteiger partial charge in [-0.25, -0.2) is 8.42 Å². The molecule has 0 atom stereocenters. The van der Waals surface area contributed by atoms with Gasteiger partial charge >= 0.3 is 0 Å². The predicted octanol–water partition coefficient (Wildman–Crippen LogP) is 3.45. The first-order chi connectivity index (χ1) is 22.0. The van der Waals surface area contributed by atoms with E-state index in [9.17, 15) is 28.1 Å². The highest BCUT2D eigenvalue weighted by Gasteiger charge is 2.55. The molecule has 244 valence electrons. The van der Waals surface area contributed by atoms with E-state index >= 15 is 0 Å². The minimum atomic E-state index is -4.11. The molecule has 2 aliphatic heterocycles. The lowest BCUT2D eigenvalue weighted by Crippen LogP contribution is -2.57. The molecule has 2 aliphatic rings. The number of hydrogen-bond donors (Lipinski definition) is 1. The molecule has 0 radical (unpaired) electrons. The number of carbonyl (C=O) groups excluding carboxylic acids is 2. The molecular weight excluding hydrogens is 638 g/mol. The maximum Gasteiger partial charge on any atom is 0.289 e.